The third-order valence-corrected chi connectivity index (χ3v) is 2.79. The maximum absolute atomic E-state index is 4.39. The van der Waals surface area contributed by atoms with E-state index in [4.69, 9.17) is 0 Å². The van der Waals surface area contributed by atoms with Crippen molar-refractivity contribution in [3.05, 3.63) is 29.1 Å². The number of pyridine rings is 1. The van der Waals surface area contributed by atoms with Crippen molar-refractivity contribution in [2.45, 2.75) is 39.2 Å². The van der Waals surface area contributed by atoms with E-state index in [1.54, 1.807) is 0 Å². The molecular formula is C12H18N2. The standard InChI is InChI=1S/C12H18N2/c1-9-6-11(7-10(2)14-9)8-12-4-3-5-13-12/h6-7,12-13H,3-5,8H2,1-2H3/t12-/m0/s1. The summed E-state index contributed by atoms with van der Waals surface area (Å²) in [7, 11) is 0. The molecule has 2 nitrogen and oxygen atoms in total. The smallest absolute Gasteiger partial charge is 0.0378 e. The van der Waals surface area contributed by atoms with Crippen molar-refractivity contribution in [1.82, 2.24) is 10.3 Å². The highest BCUT2D eigenvalue weighted by atomic mass is 14.9. The van der Waals surface area contributed by atoms with E-state index in [1.807, 2.05) is 0 Å². The summed E-state index contributed by atoms with van der Waals surface area (Å²) in [4.78, 5) is 4.39. The molecule has 76 valence electrons. The van der Waals surface area contributed by atoms with Gasteiger partial charge in [-0.1, -0.05) is 0 Å². The lowest BCUT2D eigenvalue weighted by Gasteiger charge is -2.10. The van der Waals surface area contributed by atoms with Gasteiger partial charge in [-0.3, -0.25) is 4.98 Å². The Morgan fingerprint density at radius 1 is 1.36 bits per heavy atom. The first kappa shape index (κ1) is 9.66. The van der Waals surface area contributed by atoms with Gasteiger partial charge in [0.1, 0.15) is 0 Å². The summed E-state index contributed by atoms with van der Waals surface area (Å²) in [6.07, 6.45) is 3.80. The van der Waals surface area contributed by atoms with Gasteiger partial charge >= 0.3 is 0 Å². The lowest BCUT2D eigenvalue weighted by molar-refractivity contribution is 0.602. The fourth-order valence-corrected chi connectivity index (χ4v) is 2.25. The van der Waals surface area contributed by atoms with Crippen LogP contribution in [0.2, 0.25) is 0 Å². The highest BCUT2D eigenvalue weighted by Gasteiger charge is 2.14. The van der Waals surface area contributed by atoms with Crippen LogP contribution >= 0.6 is 0 Å². The van der Waals surface area contributed by atoms with Crippen LogP contribution in [-0.4, -0.2) is 17.6 Å². The largest absolute Gasteiger partial charge is 0.314 e. The number of aryl methyl sites for hydroxylation is 2. The predicted molar refractivity (Wildman–Crippen MR) is 58.4 cm³/mol. The van der Waals surface area contributed by atoms with E-state index in [0.29, 0.717) is 6.04 Å². The zero-order valence-corrected chi connectivity index (χ0v) is 9.01. The normalized spacial score (nSPS) is 21.4. The molecule has 0 saturated carbocycles. The predicted octanol–water partition coefficient (Wildman–Crippen LogP) is 1.99. The summed E-state index contributed by atoms with van der Waals surface area (Å²) >= 11 is 0. The van der Waals surface area contributed by atoms with E-state index in [9.17, 15) is 0 Å². The molecule has 14 heavy (non-hydrogen) atoms. The van der Waals surface area contributed by atoms with Gasteiger partial charge in [0, 0.05) is 17.4 Å². The summed E-state index contributed by atoms with van der Waals surface area (Å²) in [5, 5.41) is 3.52. The Bertz CT molecular complexity index is 294. The molecule has 1 atom stereocenters. The third-order valence-electron chi connectivity index (χ3n) is 2.79. The molecule has 0 unspecified atom stereocenters. The Morgan fingerprint density at radius 2 is 2.07 bits per heavy atom. The second kappa shape index (κ2) is 4.09. The van der Waals surface area contributed by atoms with Crippen molar-refractivity contribution < 1.29 is 0 Å². The van der Waals surface area contributed by atoms with Gasteiger partial charge in [-0.15, -0.1) is 0 Å². The van der Waals surface area contributed by atoms with E-state index in [1.165, 1.54) is 24.9 Å². The lowest BCUT2D eigenvalue weighted by atomic mass is 10.0. The molecule has 1 fully saturated rings. The fraction of sp³-hybridized carbons (Fsp3) is 0.583. The number of hydrogen-bond acceptors (Lipinski definition) is 2. The molecule has 1 aliphatic heterocycles. The minimum absolute atomic E-state index is 0.691. The van der Waals surface area contributed by atoms with Crippen molar-refractivity contribution in [3.8, 4) is 0 Å². The molecule has 2 heterocycles. The van der Waals surface area contributed by atoms with E-state index >= 15 is 0 Å². The first-order chi connectivity index (χ1) is 6.74. The summed E-state index contributed by atoms with van der Waals surface area (Å²) in [5.74, 6) is 0. The summed E-state index contributed by atoms with van der Waals surface area (Å²) < 4.78 is 0. The molecule has 0 bridgehead atoms. The van der Waals surface area contributed by atoms with Gasteiger partial charge in [-0.25, -0.2) is 0 Å². The van der Waals surface area contributed by atoms with Crippen LogP contribution in [0.4, 0.5) is 0 Å². The van der Waals surface area contributed by atoms with Crippen LogP contribution in [0.15, 0.2) is 12.1 Å². The maximum atomic E-state index is 4.39. The van der Waals surface area contributed by atoms with Gasteiger partial charge in [-0.2, -0.15) is 0 Å². The molecule has 1 aromatic heterocycles. The topological polar surface area (TPSA) is 24.9 Å². The Hall–Kier alpha value is -0.890. The fourth-order valence-electron chi connectivity index (χ4n) is 2.25. The molecule has 2 heteroatoms. The first-order valence-electron chi connectivity index (χ1n) is 5.41. The van der Waals surface area contributed by atoms with Crippen molar-refractivity contribution in [3.63, 3.8) is 0 Å². The molecule has 1 aliphatic rings. The number of rotatable bonds is 2. The van der Waals surface area contributed by atoms with Crippen molar-refractivity contribution in [2.75, 3.05) is 6.54 Å². The lowest BCUT2D eigenvalue weighted by Crippen LogP contribution is -2.23. The molecule has 0 aliphatic carbocycles. The van der Waals surface area contributed by atoms with Gasteiger partial charge in [0.25, 0.3) is 0 Å². The number of aromatic nitrogens is 1. The summed E-state index contributed by atoms with van der Waals surface area (Å²) in [6.45, 7) is 5.32. The average Bonchev–Trinajstić information content (AvgIpc) is 2.54. The molecule has 2 rings (SSSR count). The first-order valence-corrected chi connectivity index (χ1v) is 5.41. The van der Waals surface area contributed by atoms with Crippen LogP contribution in [0.5, 0.6) is 0 Å². The Morgan fingerprint density at radius 3 is 2.64 bits per heavy atom. The van der Waals surface area contributed by atoms with E-state index < -0.39 is 0 Å². The van der Waals surface area contributed by atoms with Crippen molar-refractivity contribution >= 4 is 0 Å². The number of hydrogen-bond donors (Lipinski definition) is 1. The summed E-state index contributed by atoms with van der Waals surface area (Å²) in [6, 6.07) is 5.09. The number of nitrogens with one attached hydrogen (secondary N) is 1. The quantitative estimate of drug-likeness (QED) is 0.771. The highest BCUT2D eigenvalue weighted by Crippen LogP contribution is 2.13. The molecule has 1 N–H and O–H groups in total. The van der Waals surface area contributed by atoms with Gasteiger partial charge in [-0.05, 0) is 57.4 Å². The Labute approximate surface area is 85.7 Å². The zero-order valence-electron chi connectivity index (χ0n) is 9.01. The second-order valence-electron chi connectivity index (χ2n) is 4.26. The van der Waals surface area contributed by atoms with E-state index in [2.05, 4.69) is 36.3 Å². The van der Waals surface area contributed by atoms with Crippen LogP contribution in [0.1, 0.15) is 29.8 Å². The van der Waals surface area contributed by atoms with E-state index in [-0.39, 0.29) is 0 Å². The monoisotopic (exact) mass is 190 g/mol. The van der Waals surface area contributed by atoms with Crippen LogP contribution in [-0.2, 0) is 6.42 Å². The maximum Gasteiger partial charge on any atom is 0.0378 e. The minimum Gasteiger partial charge on any atom is -0.314 e. The Balaban J connectivity index is 2.07. The highest BCUT2D eigenvalue weighted by molar-refractivity contribution is 5.21. The van der Waals surface area contributed by atoms with Crippen LogP contribution in [0.25, 0.3) is 0 Å². The molecular weight excluding hydrogens is 172 g/mol. The summed E-state index contributed by atoms with van der Waals surface area (Å²) in [5.41, 5.74) is 3.70. The molecule has 1 aromatic rings. The number of nitrogens with zero attached hydrogens (tertiary/aromatic N) is 1. The second-order valence-corrected chi connectivity index (χ2v) is 4.26. The van der Waals surface area contributed by atoms with E-state index in [0.717, 1.165) is 17.8 Å². The molecule has 0 aromatic carbocycles. The minimum atomic E-state index is 0.691. The third kappa shape index (κ3) is 2.32. The van der Waals surface area contributed by atoms with Gasteiger partial charge in [0.05, 0.1) is 0 Å². The van der Waals surface area contributed by atoms with Crippen LogP contribution in [0.3, 0.4) is 0 Å². The molecule has 0 radical (unpaired) electrons. The molecule has 1 saturated heterocycles. The van der Waals surface area contributed by atoms with Gasteiger partial charge in [0.15, 0.2) is 0 Å². The molecule has 0 spiro atoms. The zero-order chi connectivity index (χ0) is 9.97. The van der Waals surface area contributed by atoms with Crippen LogP contribution in [0, 0.1) is 13.8 Å². The van der Waals surface area contributed by atoms with Crippen LogP contribution < -0.4 is 5.32 Å². The average molecular weight is 190 g/mol. The van der Waals surface area contributed by atoms with Gasteiger partial charge < -0.3 is 5.32 Å². The van der Waals surface area contributed by atoms with Crippen molar-refractivity contribution in [2.24, 2.45) is 0 Å². The van der Waals surface area contributed by atoms with Gasteiger partial charge in [0.2, 0.25) is 0 Å². The molecule has 0 amide bonds. The SMILES string of the molecule is Cc1cc(C[C@@H]2CCCN2)cc(C)n1. The van der Waals surface area contributed by atoms with Crippen molar-refractivity contribution in [1.29, 1.82) is 0 Å². The Kier molecular flexibility index (Phi) is 2.82.